The van der Waals surface area contributed by atoms with Crippen molar-refractivity contribution in [3.05, 3.63) is 212 Å². The summed E-state index contributed by atoms with van der Waals surface area (Å²) in [5.74, 6) is 4.17. The molecule has 0 aromatic heterocycles. The Labute approximate surface area is 599 Å². The maximum atomic E-state index is 11.3. The Morgan fingerprint density at radius 3 is 0.475 bits per heavy atom. The molecule has 550 valence electrons. The van der Waals surface area contributed by atoms with Crippen LogP contribution in [0, 0.1) is 0 Å². The van der Waals surface area contributed by atoms with Crippen LogP contribution in [0.1, 0.15) is 119 Å². The van der Waals surface area contributed by atoms with Gasteiger partial charge in [-0.3, -0.25) is 33.6 Å². The molecule has 0 saturated heterocycles. The first-order valence-corrected chi connectivity index (χ1v) is 34.9. The Kier molecular flexibility index (Phi) is 56.2. The normalized spacial score (nSPS) is 9.60. The van der Waals surface area contributed by atoms with Crippen molar-refractivity contribution in [1.29, 1.82) is 0 Å². The number of benzene rings is 7. The number of primary amides is 1. The molecule has 0 atom stereocenters. The van der Waals surface area contributed by atoms with Gasteiger partial charge in [0.05, 0.1) is 0 Å². The van der Waals surface area contributed by atoms with Crippen molar-refractivity contribution >= 4 is 41.4 Å². The first kappa shape index (κ1) is 88.4. The third-order valence-corrected chi connectivity index (χ3v) is 12.9. The van der Waals surface area contributed by atoms with Gasteiger partial charge in [0.25, 0.3) is 41.4 Å². The summed E-state index contributed by atoms with van der Waals surface area (Å²) in [6.45, 7) is 17.4. The Bertz CT molecular complexity index is 2650. The lowest BCUT2D eigenvalue weighted by molar-refractivity contribution is -0.123. The standard InChI is InChI=1S/6C12H17NO2.C8H9NO2/c6*1-2-3-9-13-12(14)10-15-11-7-5-4-6-8-11;9-8(10)6-11-7-4-2-1-3-5-7/h6*4-8H,2-3,9-10H2,1H3,(H,13,14);1-5H,6H2,(H2,9,10). The van der Waals surface area contributed by atoms with Crippen LogP contribution in [-0.2, 0) is 33.6 Å². The molecule has 0 unspecified atom stereocenters. The van der Waals surface area contributed by atoms with Gasteiger partial charge in [0.2, 0.25) is 0 Å². The quantitative estimate of drug-likeness (QED) is 0.0177. The van der Waals surface area contributed by atoms with Gasteiger partial charge in [-0.25, -0.2) is 0 Å². The molecule has 0 aliphatic rings. The molecule has 7 aromatic rings. The summed E-state index contributed by atoms with van der Waals surface area (Å²) in [6.07, 6.45) is 12.6. The minimum Gasteiger partial charge on any atom is -0.484 e. The lowest BCUT2D eigenvalue weighted by Gasteiger charge is -2.06. The predicted octanol–water partition coefficient (Wildman–Crippen LogP) is 12.4. The molecule has 8 N–H and O–H groups in total. The zero-order valence-electron chi connectivity index (χ0n) is 60.2. The zero-order chi connectivity index (χ0) is 73.7. The number of ether oxygens (including phenoxy) is 7. The van der Waals surface area contributed by atoms with Crippen molar-refractivity contribution in [3.63, 3.8) is 0 Å². The van der Waals surface area contributed by atoms with Crippen LogP contribution in [0.25, 0.3) is 0 Å². The number of carbonyl (C=O) groups excluding carboxylic acids is 7. The van der Waals surface area contributed by atoms with E-state index in [-0.39, 0.29) is 81.7 Å². The number of hydrogen-bond donors (Lipinski definition) is 7. The number of rotatable bonds is 39. The summed E-state index contributed by atoms with van der Waals surface area (Å²) < 4.78 is 36.7. The molecule has 101 heavy (non-hydrogen) atoms. The van der Waals surface area contributed by atoms with Gasteiger partial charge in [0.1, 0.15) is 40.2 Å². The van der Waals surface area contributed by atoms with Crippen molar-refractivity contribution in [2.45, 2.75) is 119 Å². The fraction of sp³-hybridized carbons (Fsp3) is 0.388. The number of carbonyl (C=O) groups is 7. The number of nitrogens with two attached hydrogens (primary N) is 1. The van der Waals surface area contributed by atoms with Gasteiger partial charge in [0, 0.05) is 39.3 Å². The van der Waals surface area contributed by atoms with Crippen molar-refractivity contribution in [1.82, 2.24) is 31.9 Å². The van der Waals surface area contributed by atoms with Crippen molar-refractivity contribution in [3.8, 4) is 40.2 Å². The smallest absolute Gasteiger partial charge is 0.257 e. The summed E-state index contributed by atoms with van der Waals surface area (Å²) in [5, 5.41) is 16.7. The molecule has 21 heteroatoms. The maximum Gasteiger partial charge on any atom is 0.257 e. The first-order chi connectivity index (χ1) is 49.2. The van der Waals surface area contributed by atoms with E-state index in [9.17, 15) is 33.6 Å². The van der Waals surface area contributed by atoms with Crippen LogP contribution < -0.4 is 70.8 Å². The Hall–Kier alpha value is -10.6. The fourth-order valence-electron chi connectivity index (χ4n) is 7.40. The topological polar surface area (TPSA) is 282 Å². The number of nitrogens with one attached hydrogen (secondary N) is 6. The van der Waals surface area contributed by atoms with E-state index in [0.717, 1.165) is 151 Å². The molecule has 0 heterocycles. The van der Waals surface area contributed by atoms with Crippen LogP contribution >= 0.6 is 0 Å². The maximum absolute atomic E-state index is 11.3. The summed E-state index contributed by atoms with van der Waals surface area (Å²) in [6, 6.07) is 65.1. The van der Waals surface area contributed by atoms with Crippen LogP contribution in [0.4, 0.5) is 0 Å². The van der Waals surface area contributed by atoms with E-state index in [1.54, 1.807) is 12.1 Å². The third-order valence-electron chi connectivity index (χ3n) is 12.9. The average Bonchev–Trinajstić information content (AvgIpc) is 2.11. The highest BCUT2D eigenvalue weighted by Gasteiger charge is 2.06. The van der Waals surface area contributed by atoms with E-state index in [2.05, 4.69) is 73.4 Å². The van der Waals surface area contributed by atoms with Gasteiger partial charge in [-0.2, -0.15) is 0 Å². The molecule has 7 amide bonds. The minimum absolute atomic E-state index is 0.0627. The van der Waals surface area contributed by atoms with Gasteiger partial charge < -0.3 is 70.8 Å². The first-order valence-electron chi connectivity index (χ1n) is 34.9. The van der Waals surface area contributed by atoms with Crippen LogP contribution in [0.15, 0.2) is 212 Å². The number of amides is 7. The summed E-state index contributed by atoms with van der Waals surface area (Å²) in [5.41, 5.74) is 4.88. The molecule has 7 rings (SSSR count). The molecule has 0 saturated carbocycles. The van der Waals surface area contributed by atoms with Gasteiger partial charge in [-0.1, -0.05) is 207 Å². The molecule has 0 spiro atoms. The third kappa shape index (κ3) is 56.1. The number of unbranched alkanes of at least 4 members (excludes halogenated alkanes) is 6. The van der Waals surface area contributed by atoms with Gasteiger partial charge in [-0.05, 0) is 123 Å². The van der Waals surface area contributed by atoms with E-state index in [1.807, 2.05) is 200 Å². The second-order valence-corrected chi connectivity index (χ2v) is 21.9. The molecule has 21 nitrogen and oxygen atoms in total. The number of para-hydroxylation sites is 7. The van der Waals surface area contributed by atoms with E-state index in [0.29, 0.717) is 5.75 Å². The highest BCUT2D eigenvalue weighted by molar-refractivity contribution is 5.79. The van der Waals surface area contributed by atoms with E-state index in [1.165, 1.54) is 0 Å². The summed E-state index contributed by atoms with van der Waals surface area (Å²) >= 11 is 0. The molecular weight excluding hydrogens is 1280 g/mol. The van der Waals surface area contributed by atoms with E-state index < -0.39 is 5.91 Å². The van der Waals surface area contributed by atoms with Gasteiger partial charge >= 0.3 is 0 Å². The Morgan fingerprint density at radius 1 is 0.228 bits per heavy atom. The molecule has 7 aromatic carbocycles. The largest absolute Gasteiger partial charge is 0.484 e. The molecule has 0 bridgehead atoms. The van der Waals surface area contributed by atoms with Crippen LogP contribution in [0.5, 0.6) is 40.2 Å². The van der Waals surface area contributed by atoms with Crippen LogP contribution in [0.2, 0.25) is 0 Å². The summed E-state index contributed by atoms with van der Waals surface area (Å²) in [4.78, 5) is 77.8. The number of hydrogen-bond acceptors (Lipinski definition) is 14. The Balaban J connectivity index is 0.000000590. The second kappa shape index (κ2) is 64.1. The molecule has 0 aliphatic heterocycles. The van der Waals surface area contributed by atoms with Crippen LogP contribution in [0.3, 0.4) is 0 Å². The zero-order valence-corrected chi connectivity index (χ0v) is 60.2. The highest BCUT2D eigenvalue weighted by Crippen LogP contribution is 2.13. The monoisotopic (exact) mass is 1390 g/mol. The molecule has 0 fully saturated rings. The highest BCUT2D eigenvalue weighted by atomic mass is 16.5. The lowest BCUT2D eigenvalue weighted by Crippen LogP contribution is -2.29. The van der Waals surface area contributed by atoms with Crippen LogP contribution in [-0.4, -0.2) is 127 Å². The lowest BCUT2D eigenvalue weighted by atomic mass is 10.3. The molecular formula is C80H111N7O14. The Morgan fingerprint density at radius 2 is 0.356 bits per heavy atom. The fourth-order valence-corrected chi connectivity index (χ4v) is 7.40. The minimum atomic E-state index is -0.464. The van der Waals surface area contributed by atoms with E-state index >= 15 is 0 Å². The van der Waals surface area contributed by atoms with Gasteiger partial charge in [0.15, 0.2) is 46.2 Å². The average molecular weight is 1390 g/mol. The SMILES string of the molecule is CCCCNC(=O)COc1ccccc1.CCCCNC(=O)COc1ccccc1.CCCCNC(=O)COc1ccccc1.CCCCNC(=O)COc1ccccc1.CCCCNC(=O)COc1ccccc1.CCCCNC(=O)COc1ccccc1.NC(=O)COc1ccccc1. The molecule has 0 aliphatic carbocycles. The van der Waals surface area contributed by atoms with Crippen molar-refractivity contribution < 1.29 is 66.7 Å². The molecule has 0 radical (unpaired) electrons. The van der Waals surface area contributed by atoms with E-state index in [4.69, 9.17) is 38.9 Å². The second-order valence-electron chi connectivity index (χ2n) is 21.9. The summed E-state index contributed by atoms with van der Waals surface area (Å²) in [7, 11) is 0. The van der Waals surface area contributed by atoms with Crippen molar-refractivity contribution in [2.24, 2.45) is 5.73 Å². The van der Waals surface area contributed by atoms with Gasteiger partial charge in [-0.15, -0.1) is 0 Å². The van der Waals surface area contributed by atoms with Crippen molar-refractivity contribution in [2.75, 3.05) is 85.5 Å². The predicted molar refractivity (Wildman–Crippen MR) is 400 cm³/mol.